The number of aryl methyl sites for hydroxylation is 1. The predicted octanol–water partition coefficient (Wildman–Crippen LogP) is 0.124. The number of nitrogens with zero attached hydrogens (tertiary/aromatic N) is 2. The lowest BCUT2D eigenvalue weighted by Gasteiger charge is -2.35. The van der Waals surface area contributed by atoms with Crippen LogP contribution in [0.15, 0.2) is 24.3 Å². The average Bonchev–Trinajstić information content (AvgIpc) is 2.53. The highest BCUT2D eigenvalue weighted by molar-refractivity contribution is 7.87. The highest BCUT2D eigenvalue weighted by Crippen LogP contribution is 2.17. The highest BCUT2D eigenvalue weighted by Gasteiger charge is 2.27. The molecule has 2 rings (SSSR count). The quantitative estimate of drug-likeness (QED) is 0.778. The second-order valence-electron chi connectivity index (χ2n) is 5.12. The molecule has 8 heteroatoms. The van der Waals surface area contributed by atoms with Gasteiger partial charge in [-0.05, 0) is 19.1 Å². The number of esters is 1. The van der Waals surface area contributed by atoms with E-state index in [0.29, 0.717) is 26.2 Å². The van der Waals surface area contributed by atoms with Crippen LogP contribution in [0.25, 0.3) is 0 Å². The van der Waals surface area contributed by atoms with Crippen molar-refractivity contribution in [1.29, 1.82) is 0 Å². The molecule has 1 aromatic carbocycles. The zero-order valence-electron chi connectivity index (χ0n) is 12.8. The zero-order valence-corrected chi connectivity index (χ0v) is 13.6. The van der Waals surface area contributed by atoms with Gasteiger partial charge in [0, 0.05) is 31.9 Å². The number of methoxy groups -OCH3 is 1. The highest BCUT2D eigenvalue weighted by atomic mass is 32.2. The van der Waals surface area contributed by atoms with Gasteiger partial charge in [0.1, 0.15) is 6.54 Å². The molecule has 1 aliphatic heterocycles. The summed E-state index contributed by atoms with van der Waals surface area (Å²) in [7, 11) is -2.43. The molecule has 122 valence electrons. The van der Waals surface area contributed by atoms with Gasteiger partial charge in [-0.3, -0.25) is 4.79 Å². The van der Waals surface area contributed by atoms with Gasteiger partial charge in [0.15, 0.2) is 0 Å². The molecule has 0 aromatic heterocycles. The van der Waals surface area contributed by atoms with E-state index in [9.17, 15) is 13.2 Å². The average molecular weight is 327 g/mol. The second-order valence-corrected chi connectivity index (χ2v) is 6.88. The topological polar surface area (TPSA) is 78.9 Å². The van der Waals surface area contributed by atoms with Crippen LogP contribution < -0.4 is 9.62 Å². The Morgan fingerprint density at radius 3 is 2.32 bits per heavy atom. The summed E-state index contributed by atoms with van der Waals surface area (Å²) >= 11 is 0. The van der Waals surface area contributed by atoms with Crippen LogP contribution in [0.1, 0.15) is 5.56 Å². The van der Waals surface area contributed by atoms with E-state index in [2.05, 4.69) is 14.4 Å². The van der Waals surface area contributed by atoms with Crippen molar-refractivity contribution in [3.8, 4) is 0 Å². The molecule has 0 atom stereocenters. The summed E-state index contributed by atoms with van der Waals surface area (Å²) in [6, 6.07) is 8.15. The van der Waals surface area contributed by atoms with E-state index < -0.39 is 16.2 Å². The van der Waals surface area contributed by atoms with Crippen molar-refractivity contribution >= 4 is 21.9 Å². The van der Waals surface area contributed by atoms with E-state index in [1.165, 1.54) is 17.0 Å². The van der Waals surface area contributed by atoms with Crippen molar-refractivity contribution in [3.63, 3.8) is 0 Å². The van der Waals surface area contributed by atoms with Crippen molar-refractivity contribution in [2.45, 2.75) is 6.92 Å². The minimum atomic E-state index is -3.64. The Bertz CT molecular complexity index is 607. The molecule has 0 saturated carbocycles. The lowest BCUT2D eigenvalue weighted by atomic mass is 10.2. The molecule has 1 fully saturated rings. The van der Waals surface area contributed by atoms with Gasteiger partial charge in [0.25, 0.3) is 10.2 Å². The summed E-state index contributed by atoms with van der Waals surface area (Å²) in [6.45, 7) is 3.66. The Labute approximate surface area is 131 Å². The van der Waals surface area contributed by atoms with Gasteiger partial charge >= 0.3 is 5.97 Å². The number of anilines is 1. The van der Waals surface area contributed by atoms with E-state index in [-0.39, 0.29) is 6.54 Å². The molecule has 1 heterocycles. The molecule has 0 aliphatic carbocycles. The molecule has 0 bridgehead atoms. The minimum absolute atomic E-state index is 0.350. The van der Waals surface area contributed by atoms with Crippen molar-refractivity contribution < 1.29 is 17.9 Å². The summed E-state index contributed by atoms with van der Waals surface area (Å²) in [5.74, 6) is -0.609. The minimum Gasteiger partial charge on any atom is -0.468 e. The molecule has 0 spiro atoms. The van der Waals surface area contributed by atoms with Gasteiger partial charge in [-0.15, -0.1) is 0 Å². The van der Waals surface area contributed by atoms with Crippen LogP contribution >= 0.6 is 0 Å². The maximum absolute atomic E-state index is 12.1. The van der Waals surface area contributed by atoms with Crippen molar-refractivity contribution in [1.82, 2.24) is 9.03 Å². The van der Waals surface area contributed by atoms with E-state index in [1.54, 1.807) is 0 Å². The maximum Gasteiger partial charge on any atom is 0.320 e. The lowest BCUT2D eigenvalue weighted by Crippen LogP contribution is -2.52. The SMILES string of the molecule is COC(=O)CNS(=O)(=O)N1CCN(c2ccc(C)cc2)CC1. The first-order valence-corrected chi connectivity index (χ1v) is 8.49. The van der Waals surface area contributed by atoms with Gasteiger partial charge in [-0.1, -0.05) is 17.7 Å². The van der Waals surface area contributed by atoms with Crippen LogP contribution in [-0.4, -0.2) is 58.5 Å². The van der Waals surface area contributed by atoms with Crippen LogP contribution in [0.4, 0.5) is 5.69 Å². The molecule has 1 N–H and O–H groups in total. The fourth-order valence-electron chi connectivity index (χ4n) is 2.26. The van der Waals surface area contributed by atoms with Gasteiger partial charge in [0.05, 0.1) is 7.11 Å². The van der Waals surface area contributed by atoms with Gasteiger partial charge in [0.2, 0.25) is 0 Å². The number of rotatable bonds is 5. The van der Waals surface area contributed by atoms with Crippen LogP contribution in [0.3, 0.4) is 0 Å². The van der Waals surface area contributed by atoms with Gasteiger partial charge < -0.3 is 9.64 Å². The Kier molecular flexibility index (Phi) is 5.38. The number of carbonyl (C=O) groups excluding carboxylic acids is 1. The van der Waals surface area contributed by atoms with E-state index >= 15 is 0 Å². The van der Waals surface area contributed by atoms with Crippen LogP contribution in [0.5, 0.6) is 0 Å². The number of carbonyl (C=O) groups is 1. The van der Waals surface area contributed by atoms with Crippen LogP contribution in [0, 0.1) is 6.92 Å². The predicted molar refractivity (Wildman–Crippen MR) is 83.9 cm³/mol. The Morgan fingerprint density at radius 1 is 1.18 bits per heavy atom. The molecule has 7 nitrogen and oxygen atoms in total. The van der Waals surface area contributed by atoms with Crippen molar-refractivity contribution in [2.24, 2.45) is 0 Å². The lowest BCUT2D eigenvalue weighted by molar-refractivity contribution is -0.139. The first-order valence-electron chi connectivity index (χ1n) is 7.05. The summed E-state index contributed by atoms with van der Waals surface area (Å²) < 4.78 is 32.2. The molecule has 0 amide bonds. The molecule has 1 aromatic rings. The fraction of sp³-hybridized carbons (Fsp3) is 0.500. The third-order valence-corrected chi connectivity index (χ3v) is 5.16. The first-order chi connectivity index (χ1) is 10.4. The summed E-state index contributed by atoms with van der Waals surface area (Å²) in [5, 5.41) is 0. The number of ether oxygens (including phenoxy) is 1. The Morgan fingerprint density at radius 2 is 1.77 bits per heavy atom. The largest absolute Gasteiger partial charge is 0.468 e. The molecular weight excluding hydrogens is 306 g/mol. The summed E-state index contributed by atoms with van der Waals surface area (Å²) in [6.07, 6.45) is 0. The van der Waals surface area contributed by atoms with Gasteiger partial charge in [-0.25, -0.2) is 0 Å². The zero-order chi connectivity index (χ0) is 16.2. The number of piperazine rings is 1. The van der Waals surface area contributed by atoms with Crippen LogP contribution in [0.2, 0.25) is 0 Å². The van der Waals surface area contributed by atoms with Crippen molar-refractivity contribution in [2.75, 3.05) is 44.7 Å². The van der Waals surface area contributed by atoms with E-state index in [4.69, 9.17) is 0 Å². The van der Waals surface area contributed by atoms with Crippen molar-refractivity contribution in [3.05, 3.63) is 29.8 Å². The number of hydrogen-bond donors (Lipinski definition) is 1. The molecule has 0 radical (unpaired) electrons. The van der Waals surface area contributed by atoms with E-state index in [0.717, 1.165) is 5.69 Å². The first kappa shape index (κ1) is 16.7. The Hall–Kier alpha value is -1.64. The molecule has 1 saturated heterocycles. The smallest absolute Gasteiger partial charge is 0.320 e. The third-order valence-electron chi connectivity index (χ3n) is 3.60. The normalized spacial score (nSPS) is 16.5. The molecule has 22 heavy (non-hydrogen) atoms. The Balaban J connectivity index is 1.91. The molecule has 0 unspecified atom stereocenters. The van der Waals surface area contributed by atoms with Crippen LogP contribution in [-0.2, 0) is 19.7 Å². The number of benzene rings is 1. The summed E-state index contributed by atoms with van der Waals surface area (Å²) in [4.78, 5) is 13.2. The van der Waals surface area contributed by atoms with E-state index in [1.807, 2.05) is 31.2 Å². The molecular formula is C14H21N3O4S. The monoisotopic (exact) mass is 327 g/mol. The van der Waals surface area contributed by atoms with Gasteiger partial charge in [-0.2, -0.15) is 17.4 Å². The maximum atomic E-state index is 12.1. The fourth-order valence-corrected chi connectivity index (χ4v) is 3.38. The number of nitrogens with one attached hydrogen (secondary N) is 1. The number of hydrogen-bond acceptors (Lipinski definition) is 5. The molecule has 1 aliphatic rings. The second kappa shape index (κ2) is 7.08. The summed E-state index contributed by atoms with van der Waals surface area (Å²) in [5.41, 5.74) is 2.28. The standard InChI is InChI=1S/C14H21N3O4S/c1-12-3-5-13(6-4-12)16-7-9-17(10-8-16)22(19,20)15-11-14(18)21-2/h3-6,15H,7-11H2,1-2H3. The third kappa shape index (κ3) is 4.19.